The van der Waals surface area contributed by atoms with Gasteiger partial charge >= 0.3 is 51.4 Å². The molecule has 0 aromatic rings. The van der Waals surface area contributed by atoms with Gasteiger partial charge < -0.3 is 9.35 Å². The number of ketones is 1. The van der Waals surface area contributed by atoms with Gasteiger partial charge in [0.1, 0.15) is 5.78 Å². The first kappa shape index (κ1) is 21.5. The van der Waals surface area contributed by atoms with Crippen LogP contribution in [-0.2, 0) is 19.4 Å². The van der Waals surface area contributed by atoms with Crippen molar-refractivity contribution in [1.29, 1.82) is 0 Å². The van der Waals surface area contributed by atoms with E-state index in [0.717, 1.165) is 38.5 Å². The van der Waals surface area contributed by atoms with Crippen LogP contribution in [-0.4, -0.2) is 25.4 Å². The molecule has 0 radical (unpaired) electrons. The Kier molecular flexibility index (Phi) is 15.7. The summed E-state index contributed by atoms with van der Waals surface area (Å²) in [5.74, 6) is 0.237. The molecule has 0 aliphatic carbocycles. The smallest absolute Gasteiger partial charge is 0.726 e. The van der Waals surface area contributed by atoms with Gasteiger partial charge in [-0.25, -0.2) is 8.42 Å². The number of unbranched alkanes of at least 4 members (excludes halogenated alkanes) is 6. The van der Waals surface area contributed by atoms with Crippen molar-refractivity contribution in [3.8, 4) is 0 Å². The van der Waals surface area contributed by atoms with Crippen molar-refractivity contribution in [2.75, 3.05) is 6.61 Å². The minimum Gasteiger partial charge on any atom is -0.726 e. The third-order valence-electron chi connectivity index (χ3n) is 2.40. The van der Waals surface area contributed by atoms with Crippen molar-refractivity contribution in [2.24, 2.45) is 0 Å². The predicted octanol–water partition coefficient (Wildman–Crippen LogP) is -0.823. The average molecular weight is 304 g/mol. The number of hydrogen-bond acceptors (Lipinski definition) is 5. The molecule has 0 aliphatic rings. The van der Waals surface area contributed by atoms with Crippen LogP contribution in [0.15, 0.2) is 0 Å². The Labute approximate surface area is 152 Å². The number of Topliss-reactive ketones (excluding diaryl/α,β-unsaturated/α-hetero) is 1. The summed E-state index contributed by atoms with van der Waals surface area (Å²) in [6.07, 6.45) is 7.29. The van der Waals surface area contributed by atoms with E-state index in [2.05, 4.69) is 4.18 Å². The predicted molar refractivity (Wildman–Crippen MR) is 63.3 cm³/mol. The molecule has 0 N–H and O–H groups in total. The van der Waals surface area contributed by atoms with E-state index in [0.29, 0.717) is 12.8 Å². The van der Waals surface area contributed by atoms with Crippen molar-refractivity contribution in [1.82, 2.24) is 0 Å². The summed E-state index contributed by atoms with van der Waals surface area (Å²) < 4.78 is 34.3. The van der Waals surface area contributed by atoms with Crippen molar-refractivity contribution in [3.05, 3.63) is 0 Å². The SMILES string of the molecule is CC(=O)CCCCCCCCCOS(=O)(=O)[O-].[K+]. The average Bonchev–Trinajstić information content (AvgIpc) is 2.18. The molecule has 0 fully saturated rings. The van der Waals surface area contributed by atoms with Gasteiger partial charge in [0.2, 0.25) is 10.4 Å². The first-order chi connectivity index (χ1) is 7.92. The largest absolute Gasteiger partial charge is 1.00 e. The topological polar surface area (TPSA) is 83.5 Å². The van der Waals surface area contributed by atoms with Crippen LogP contribution in [0, 0.1) is 0 Å². The van der Waals surface area contributed by atoms with Gasteiger partial charge in [-0.15, -0.1) is 0 Å². The second-order valence-corrected chi connectivity index (χ2v) is 5.21. The quantitative estimate of drug-likeness (QED) is 0.215. The summed E-state index contributed by atoms with van der Waals surface area (Å²) in [6, 6.07) is 0. The molecule has 0 unspecified atom stereocenters. The van der Waals surface area contributed by atoms with Crippen LogP contribution in [0.3, 0.4) is 0 Å². The van der Waals surface area contributed by atoms with Crippen LogP contribution in [0.5, 0.6) is 0 Å². The molecule has 0 atom stereocenters. The molecule has 0 saturated carbocycles. The number of carbonyl (C=O) groups is 1. The van der Waals surface area contributed by atoms with Crippen LogP contribution < -0.4 is 51.4 Å². The molecule has 0 bridgehead atoms. The van der Waals surface area contributed by atoms with Gasteiger partial charge in [0.15, 0.2) is 0 Å². The zero-order valence-electron chi connectivity index (χ0n) is 11.3. The molecular weight excluding hydrogens is 283 g/mol. The van der Waals surface area contributed by atoms with Crippen molar-refractivity contribution >= 4 is 16.2 Å². The minimum atomic E-state index is -4.52. The normalized spacial score (nSPS) is 11.0. The molecule has 5 nitrogen and oxygen atoms in total. The van der Waals surface area contributed by atoms with E-state index in [1.165, 1.54) is 0 Å². The fraction of sp³-hybridized carbons (Fsp3) is 0.909. The third kappa shape index (κ3) is 19.5. The molecule has 0 aliphatic heterocycles. The van der Waals surface area contributed by atoms with Crippen LogP contribution in [0.4, 0.5) is 0 Å². The van der Waals surface area contributed by atoms with Crippen LogP contribution >= 0.6 is 0 Å². The first-order valence-electron chi connectivity index (χ1n) is 6.01. The third-order valence-corrected chi connectivity index (χ3v) is 2.86. The molecule has 7 heteroatoms. The van der Waals surface area contributed by atoms with E-state index >= 15 is 0 Å². The van der Waals surface area contributed by atoms with Gasteiger partial charge in [-0.05, 0) is 19.8 Å². The van der Waals surface area contributed by atoms with E-state index in [1.54, 1.807) is 6.92 Å². The first-order valence-corrected chi connectivity index (χ1v) is 7.35. The van der Waals surface area contributed by atoms with Gasteiger partial charge in [-0.2, -0.15) is 0 Å². The van der Waals surface area contributed by atoms with Crippen molar-refractivity contribution < 1.29 is 73.3 Å². The summed E-state index contributed by atoms with van der Waals surface area (Å²) in [7, 11) is -4.52. The van der Waals surface area contributed by atoms with Gasteiger partial charge in [-0.3, -0.25) is 4.18 Å². The van der Waals surface area contributed by atoms with E-state index < -0.39 is 10.4 Å². The molecule has 0 saturated heterocycles. The second kappa shape index (κ2) is 13.2. The number of carbonyl (C=O) groups excluding carboxylic acids is 1. The zero-order chi connectivity index (χ0) is 13.1. The summed E-state index contributed by atoms with van der Waals surface area (Å²) in [5.41, 5.74) is 0. The molecule has 18 heavy (non-hydrogen) atoms. The maximum absolute atomic E-state index is 10.6. The van der Waals surface area contributed by atoms with E-state index in [4.69, 9.17) is 0 Å². The molecular formula is C11H21KO5S. The Hall–Kier alpha value is 1.18. The monoisotopic (exact) mass is 304 g/mol. The van der Waals surface area contributed by atoms with Crippen LogP contribution in [0.25, 0.3) is 0 Å². The molecule has 0 aromatic heterocycles. The van der Waals surface area contributed by atoms with Gasteiger partial charge in [0.25, 0.3) is 0 Å². The standard InChI is InChI=1S/C11H22O5S.K/c1-11(12)9-7-5-3-2-4-6-8-10-16-17(13,14)15;/h2-10H2,1H3,(H,13,14,15);/q;+1/p-1. The Morgan fingerprint density at radius 1 is 1.00 bits per heavy atom. The summed E-state index contributed by atoms with van der Waals surface area (Å²) in [4.78, 5) is 10.6. The van der Waals surface area contributed by atoms with Crippen molar-refractivity contribution in [2.45, 2.75) is 58.3 Å². The molecule has 0 amide bonds. The zero-order valence-corrected chi connectivity index (χ0v) is 15.3. The molecule has 0 heterocycles. The maximum Gasteiger partial charge on any atom is 1.00 e. The Morgan fingerprint density at radius 3 is 1.89 bits per heavy atom. The van der Waals surface area contributed by atoms with Crippen LogP contribution in [0.2, 0.25) is 0 Å². The van der Waals surface area contributed by atoms with E-state index in [1.807, 2.05) is 0 Å². The van der Waals surface area contributed by atoms with Gasteiger partial charge in [-0.1, -0.05) is 32.1 Å². The Bertz CT molecular complexity index is 303. The van der Waals surface area contributed by atoms with Crippen molar-refractivity contribution in [3.63, 3.8) is 0 Å². The molecule has 0 spiro atoms. The summed E-state index contributed by atoms with van der Waals surface area (Å²) in [5, 5.41) is 0. The van der Waals surface area contributed by atoms with Crippen LogP contribution in [0.1, 0.15) is 58.3 Å². The summed E-state index contributed by atoms with van der Waals surface area (Å²) >= 11 is 0. The van der Waals surface area contributed by atoms with Gasteiger partial charge in [0.05, 0.1) is 6.61 Å². The van der Waals surface area contributed by atoms with E-state index in [9.17, 15) is 17.8 Å². The second-order valence-electron chi connectivity index (χ2n) is 4.16. The van der Waals surface area contributed by atoms with E-state index in [-0.39, 0.29) is 63.8 Å². The molecule has 0 aromatic carbocycles. The minimum absolute atomic E-state index is 0. The fourth-order valence-electron chi connectivity index (χ4n) is 1.52. The molecule has 102 valence electrons. The molecule has 0 rings (SSSR count). The summed E-state index contributed by atoms with van der Waals surface area (Å²) in [6.45, 7) is 1.58. The van der Waals surface area contributed by atoms with Gasteiger partial charge in [0, 0.05) is 6.42 Å². The number of rotatable bonds is 11. The fourth-order valence-corrected chi connectivity index (χ4v) is 1.84. The number of hydrogen-bond donors (Lipinski definition) is 0. The maximum atomic E-state index is 10.6. The Morgan fingerprint density at radius 2 is 1.44 bits per heavy atom. The Balaban J connectivity index is 0.